The van der Waals surface area contributed by atoms with Gasteiger partial charge < -0.3 is 15.0 Å². The molecule has 0 atom stereocenters. The molecule has 0 unspecified atom stereocenters. The summed E-state index contributed by atoms with van der Waals surface area (Å²) < 4.78 is 16.7. The Balaban J connectivity index is 2.12. The Labute approximate surface area is 172 Å². The predicted molar refractivity (Wildman–Crippen MR) is 109 cm³/mol. The molecule has 1 amide bonds. The maximum atomic E-state index is 14.3. The van der Waals surface area contributed by atoms with Gasteiger partial charge in [-0.2, -0.15) is 0 Å². The van der Waals surface area contributed by atoms with Gasteiger partial charge in [-0.1, -0.05) is 11.6 Å². The molecule has 10 heteroatoms. The van der Waals surface area contributed by atoms with Crippen molar-refractivity contribution >= 4 is 62.4 Å². The number of nitrogens with one attached hydrogen (secondary N) is 2. The SMILES string of the molecule is Cn1c(C(=O)NOCCO)c(Nc2ccc(I)cc2F)c2cncc(Cl)c21. The molecule has 2 aromatic heterocycles. The number of anilines is 2. The molecule has 3 aromatic rings. The Morgan fingerprint density at radius 2 is 2.22 bits per heavy atom. The summed E-state index contributed by atoms with van der Waals surface area (Å²) in [5, 5.41) is 12.7. The van der Waals surface area contributed by atoms with E-state index in [0.29, 0.717) is 21.6 Å². The fraction of sp³-hybridized carbons (Fsp3) is 0.176. The van der Waals surface area contributed by atoms with Crippen molar-refractivity contribution in [3.05, 3.63) is 50.7 Å². The number of halogens is 3. The van der Waals surface area contributed by atoms with E-state index in [0.717, 1.165) is 3.57 Å². The number of rotatable bonds is 6. The van der Waals surface area contributed by atoms with Crippen molar-refractivity contribution in [3.63, 3.8) is 0 Å². The van der Waals surface area contributed by atoms with Crippen molar-refractivity contribution in [1.29, 1.82) is 0 Å². The number of aliphatic hydroxyl groups excluding tert-OH is 1. The second-order valence-electron chi connectivity index (χ2n) is 5.55. The summed E-state index contributed by atoms with van der Waals surface area (Å²) in [7, 11) is 1.66. The van der Waals surface area contributed by atoms with Gasteiger partial charge >= 0.3 is 0 Å². The van der Waals surface area contributed by atoms with Crippen LogP contribution in [0.5, 0.6) is 0 Å². The van der Waals surface area contributed by atoms with Crippen LogP contribution in [0.2, 0.25) is 5.02 Å². The summed E-state index contributed by atoms with van der Waals surface area (Å²) in [6, 6.07) is 4.70. The summed E-state index contributed by atoms with van der Waals surface area (Å²) in [6.45, 7) is -0.309. The predicted octanol–water partition coefficient (Wildman–Crippen LogP) is 3.37. The fourth-order valence-corrected chi connectivity index (χ4v) is 3.43. The topological polar surface area (TPSA) is 88.4 Å². The van der Waals surface area contributed by atoms with Crippen LogP contribution < -0.4 is 10.8 Å². The van der Waals surface area contributed by atoms with Gasteiger partial charge in [-0.25, -0.2) is 9.87 Å². The lowest BCUT2D eigenvalue weighted by Gasteiger charge is -2.11. The number of aliphatic hydroxyl groups is 1. The molecule has 0 radical (unpaired) electrons. The molecular weight excluding hydrogens is 490 g/mol. The van der Waals surface area contributed by atoms with Crippen LogP contribution in [0.15, 0.2) is 30.6 Å². The molecule has 0 aliphatic carbocycles. The summed E-state index contributed by atoms with van der Waals surface area (Å²) in [4.78, 5) is 21.6. The largest absolute Gasteiger partial charge is 0.394 e. The van der Waals surface area contributed by atoms with Gasteiger partial charge in [-0.15, -0.1) is 0 Å². The number of pyridine rings is 1. The van der Waals surface area contributed by atoms with Crippen LogP contribution in [0.1, 0.15) is 10.5 Å². The van der Waals surface area contributed by atoms with Gasteiger partial charge in [0.2, 0.25) is 0 Å². The second kappa shape index (κ2) is 8.38. The molecular formula is C17H15ClFIN4O3. The average molecular weight is 505 g/mol. The molecule has 142 valence electrons. The van der Waals surface area contributed by atoms with E-state index in [4.69, 9.17) is 21.5 Å². The molecule has 0 bridgehead atoms. The lowest BCUT2D eigenvalue weighted by molar-refractivity contribution is 0.0163. The van der Waals surface area contributed by atoms with Gasteiger partial charge in [0.25, 0.3) is 5.91 Å². The monoisotopic (exact) mass is 504 g/mol. The van der Waals surface area contributed by atoms with Gasteiger partial charge in [-0.3, -0.25) is 14.6 Å². The highest BCUT2D eigenvalue weighted by atomic mass is 127. The standard InChI is InChI=1S/C17H15ClFIN4O3/c1-24-15-10(7-21-8-11(15)18)14(16(24)17(26)23-27-5-4-25)22-13-3-2-9(20)6-12(13)19/h2-3,6-8,22,25H,4-5H2,1H3,(H,23,26). The van der Waals surface area contributed by atoms with Gasteiger partial charge in [0.1, 0.15) is 11.5 Å². The second-order valence-corrected chi connectivity index (χ2v) is 7.21. The number of carbonyl (C=O) groups is 1. The Morgan fingerprint density at radius 3 is 2.93 bits per heavy atom. The molecule has 0 saturated carbocycles. The number of benzene rings is 1. The molecule has 0 aliphatic heterocycles. The van der Waals surface area contributed by atoms with Crippen LogP contribution in [-0.4, -0.2) is 33.8 Å². The lowest BCUT2D eigenvalue weighted by Crippen LogP contribution is -2.27. The lowest BCUT2D eigenvalue weighted by atomic mass is 10.2. The highest BCUT2D eigenvalue weighted by Crippen LogP contribution is 2.36. The first kappa shape index (κ1) is 19.8. The van der Waals surface area contributed by atoms with E-state index < -0.39 is 11.7 Å². The van der Waals surface area contributed by atoms with Gasteiger partial charge in [0.15, 0.2) is 0 Å². The van der Waals surface area contributed by atoms with Gasteiger partial charge in [0.05, 0.1) is 35.1 Å². The normalized spacial score (nSPS) is 11.0. The minimum Gasteiger partial charge on any atom is -0.394 e. The van der Waals surface area contributed by atoms with E-state index in [-0.39, 0.29) is 24.6 Å². The first-order chi connectivity index (χ1) is 12.9. The Bertz CT molecular complexity index is 1010. The zero-order valence-electron chi connectivity index (χ0n) is 14.1. The maximum Gasteiger partial charge on any atom is 0.293 e. The average Bonchev–Trinajstić information content (AvgIpc) is 2.91. The molecule has 0 fully saturated rings. The van der Waals surface area contributed by atoms with Gasteiger partial charge in [0, 0.05) is 28.4 Å². The summed E-state index contributed by atoms with van der Waals surface area (Å²) in [5.41, 5.74) is 3.53. The Morgan fingerprint density at radius 1 is 1.44 bits per heavy atom. The Kier molecular flexibility index (Phi) is 6.15. The van der Waals surface area contributed by atoms with E-state index in [9.17, 15) is 9.18 Å². The van der Waals surface area contributed by atoms with Crippen LogP contribution >= 0.6 is 34.2 Å². The van der Waals surface area contributed by atoms with Crippen LogP contribution in [0.3, 0.4) is 0 Å². The highest BCUT2D eigenvalue weighted by molar-refractivity contribution is 14.1. The van der Waals surface area contributed by atoms with E-state index in [1.54, 1.807) is 29.9 Å². The van der Waals surface area contributed by atoms with Crippen LogP contribution in [-0.2, 0) is 11.9 Å². The van der Waals surface area contributed by atoms with E-state index in [2.05, 4.69) is 15.8 Å². The molecule has 1 aromatic carbocycles. The quantitative estimate of drug-likeness (QED) is 0.272. The zero-order valence-corrected chi connectivity index (χ0v) is 17.0. The number of carbonyl (C=O) groups excluding carboxylic acids is 1. The van der Waals surface area contributed by atoms with Crippen LogP contribution in [0.25, 0.3) is 10.9 Å². The summed E-state index contributed by atoms with van der Waals surface area (Å²) >= 11 is 8.26. The Hall–Kier alpha value is -1.95. The smallest absolute Gasteiger partial charge is 0.293 e. The minimum absolute atomic E-state index is 0.0630. The number of nitrogens with zero attached hydrogens (tertiary/aromatic N) is 2. The third kappa shape index (κ3) is 4.00. The van der Waals surface area contributed by atoms with Crippen molar-refractivity contribution < 1.29 is 19.1 Å². The molecule has 0 spiro atoms. The number of amides is 1. The van der Waals surface area contributed by atoms with Crippen LogP contribution in [0.4, 0.5) is 15.8 Å². The van der Waals surface area contributed by atoms with Crippen molar-refractivity contribution in [2.45, 2.75) is 0 Å². The number of hydrogen-bond donors (Lipinski definition) is 3. The maximum absolute atomic E-state index is 14.3. The highest BCUT2D eigenvalue weighted by Gasteiger charge is 2.24. The number of fused-ring (bicyclic) bond motifs is 1. The number of hydroxylamine groups is 1. The van der Waals surface area contributed by atoms with Gasteiger partial charge in [-0.05, 0) is 40.8 Å². The molecule has 0 saturated heterocycles. The number of aryl methyl sites for hydroxylation is 1. The zero-order chi connectivity index (χ0) is 19.6. The van der Waals surface area contributed by atoms with Crippen LogP contribution in [0, 0.1) is 9.39 Å². The van der Waals surface area contributed by atoms with Crippen molar-refractivity contribution in [2.24, 2.45) is 7.05 Å². The summed E-state index contributed by atoms with van der Waals surface area (Å²) in [5.74, 6) is -1.04. The van der Waals surface area contributed by atoms with Crippen molar-refractivity contribution in [3.8, 4) is 0 Å². The van der Waals surface area contributed by atoms with E-state index in [1.807, 2.05) is 22.6 Å². The third-order valence-corrected chi connectivity index (χ3v) is 4.76. The molecule has 3 rings (SSSR count). The van der Waals surface area contributed by atoms with E-state index >= 15 is 0 Å². The molecule has 2 heterocycles. The number of aromatic nitrogens is 2. The molecule has 3 N–H and O–H groups in total. The fourth-order valence-electron chi connectivity index (χ4n) is 2.69. The summed E-state index contributed by atoms with van der Waals surface area (Å²) in [6.07, 6.45) is 3.00. The van der Waals surface area contributed by atoms with Crippen molar-refractivity contribution in [1.82, 2.24) is 15.0 Å². The third-order valence-electron chi connectivity index (χ3n) is 3.81. The molecule has 0 aliphatic rings. The minimum atomic E-state index is -0.577. The first-order valence-corrected chi connectivity index (χ1v) is 9.26. The first-order valence-electron chi connectivity index (χ1n) is 7.81. The van der Waals surface area contributed by atoms with Crippen molar-refractivity contribution in [2.75, 3.05) is 18.5 Å². The number of hydrogen-bond acceptors (Lipinski definition) is 5. The molecule has 7 nitrogen and oxygen atoms in total. The molecule has 27 heavy (non-hydrogen) atoms. The van der Waals surface area contributed by atoms with E-state index in [1.165, 1.54) is 12.3 Å².